The Bertz CT molecular complexity index is 927. The van der Waals surface area contributed by atoms with E-state index in [1.54, 1.807) is 0 Å². The average Bonchev–Trinajstić information content (AvgIpc) is 3.11. The first-order chi connectivity index (χ1) is 13.2. The number of fused-ring (bicyclic) bond motifs is 1. The fraction of sp³-hybridized carbons (Fsp3) is 0.375. The van der Waals surface area contributed by atoms with Crippen molar-refractivity contribution in [3.63, 3.8) is 0 Å². The number of carbonyl (C=O) groups excluding carboxylic acids is 1. The molecule has 2 aromatic carbocycles. The first kappa shape index (κ1) is 20.6. The molecule has 2 heterocycles. The molecule has 1 saturated heterocycles. The number of nitrogens with one attached hydrogen (secondary N) is 2. The van der Waals surface area contributed by atoms with E-state index in [-0.39, 0.29) is 18.3 Å². The van der Waals surface area contributed by atoms with Gasteiger partial charge < -0.3 is 10.3 Å². The minimum Gasteiger partial charge on any atom is -0.361 e. The van der Waals surface area contributed by atoms with Gasteiger partial charge in [0, 0.05) is 35.9 Å². The number of para-hydroxylation sites is 1. The van der Waals surface area contributed by atoms with Crippen molar-refractivity contribution in [2.24, 2.45) is 5.92 Å². The van der Waals surface area contributed by atoms with Crippen LogP contribution in [0.4, 0.5) is 0 Å². The highest BCUT2D eigenvalue weighted by molar-refractivity contribution is 5.86. The zero-order valence-electron chi connectivity index (χ0n) is 16.4. The number of rotatable bonds is 6. The molecule has 28 heavy (non-hydrogen) atoms. The molecule has 3 nitrogen and oxygen atoms in total. The maximum absolute atomic E-state index is 13.0. The van der Waals surface area contributed by atoms with Crippen molar-refractivity contribution in [3.05, 3.63) is 71.4 Å². The highest BCUT2D eigenvalue weighted by Gasteiger charge is 2.24. The van der Waals surface area contributed by atoms with Crippen LogP contribution in [-0.4, -0.2) is 23.9 Å². The van der Waals surface area contributed by atoms with E-state index in [0.717, 1.165) is 31.4 Å². The van der Waals surface area contributed by atoms with E-state index < -0.39 is 0 Å². The van der Waals surface area contributed by atoms with E-state index in [2.05, 4.69) is 65.9 Å². The van der Waals surface area contributed by atoms with Crippen LogP contribution in [0.25, 0.3) is 10.9 Å². The number of ketones is 1. The van der Waals surface area contributed by atoms with Crippen LogP contribution in [-0.2, 0) is 4.79 Å². The fourth-order valence-electron chi connectivity index (χ4n) is 4.40. The van der Waals surface area contributed by atoms with Gasteiger partial charge in [0.1, 0.15) is 5.78 Å². The Balaban J connectivity index is 0.00000225. The van der Waals surface area contributed by atoms with E-state index in [4.69, 9.17) is 0 Å². The van der Waals surface area contributed by atoms with Gasteiger partial charge >= 0.3 is 0 Å². The van der Waals surface area contributed by atoms with E-state index in [0.29, 0.717) is 24.5 Å². The summed E-state index contributed by atoms with van der Waals surface area (Å²) in [7, 11) is 0. The summed E-state index contributed by atoms with van der Waals surface area (Å²) >= 11 is 0. The first-order valence-corrected chi connectivity index (χ1v) is 10.1. The second kappa shape index (κ2) is 9.40. The summed E-state index contributed by atoms with van der Waals surface area (Å²) in [6.07, 6.45) is 5.62. The van der Waals surface area contributed by atoms with Crippen molar-refractivity contribution >= 4 is 29.1 Å². The summed E-state index contributed by atoms with van der Waals surface area (Å²) in [6, 6.07) is 17.0. The largest absolute Gasteiger partial charge is 0.361 e. The summed E-state index contributed by atoms with van der Waals surface area (Å²) < 4.78 is 0. The number of halogens is 1. The number of aromatic amines is 1. The first-order valence-electron chi connectivity index (χ1n) is 10.1. The van der Waals surface area contributed by atoms with E-state index >= 15 is 0 Å². The number of hydrogen-bond donors (Lipinski definition) is 2. The Labute approximate surface area is 173 Å². The molecule has 0 amide bonds. The highest BCUT2D eigenvalue weighted by Crippen LogP contribution is 2.35. The van der Waals surface area contributed by atoms with Gasteiger partial charge in [0.15, 0.2) is 0 Å². The van der Waals surface area contributed by atoms with Crippen molar-refractivity contribution in [2.75, 3.05) is 13.1 Å². The topological polar surface area (TPSA) is 44.9 Å². The molecule has 1 fully saturated rings. The quantitative estimate of drug-likeness (QED) is 0.587. The molecule has 148 valence electrons. The van der Waals surface area contributed by atoms with Crippen LogP contribution >= 0.6 is 12.4 Å². The maximum Gasteiger partial charge on any atom is 0.134 e. The molecular formula is C24H29ClN2O. The van der Waals surface area contributed by atoms with Gasteiger partial charge in [0.2, 0.25) is 0 Å². The van der Waals surface area contributed by atoms with Crippen molar-refractivity contribution in [3.8, 4) is 0 Å². The third-order valence-electron chi connectivity index (χ3n) is 5.85. The molecule has 1 aliphatic heterocycles. The van der Waals surface area contributed by atoms with Crippen molar-refractivity contribution < 1.29 is 4.79 Å². The van der Waals surface area contributed by atoms with Crippen LogP contribution in [0.2, 0.25) is 0 Å². The Morgan fingerprint density at radius 1 is 1.11 bits per heavy atom. The zero-order chi connectivity index (χ0) is 18.6. The number of carbonyl (C=O) groups is 1. The number of aromatic nitrogens is 1. The van der Waals surface area contributed by atoms with E-state index in [1.807, 2.05) is 6.07 Å². The second-order valence-corrected chi connectivity index (χ2v) is 7.90. The molecule has 1 aromatic heterocycles. The lowest BCUT2D eigenvalue weighted by Crippen LogP contribution is -2.29. The summed E-state index contributed by atoms with van der Waals surface area (Å²) in [5.74, 6) is 1.04. The van der Waals surface area contributed by atoms with Crippen LogP contribution in [0.1, 0.15) is 48.3 Å². The summed E-state index contributed by atoms with van der Waals surface area (Å²) in [5.41, 5.74) is 4.84. The normalized spacial score (nSPS) is 15.9. The average molecular weight is 397 g/mol. The van der Waals surface area contributed by atoms with Crippen LogP contribution in [0.3, 0.4) is 0 Å². The molecule has 0 spiro atoms. The van der Waals surface area contributed by atoms with Gasteiger partial charge in [-0.1, -0.05) is 48.0 Å². The molecule has 0 radical (unpaired) electrons. The minimum atomic E-state index is 0. The number of benzene rings is 2. The lowest BCUT2D eigenvalue weighted by Gasteiger charge is -2.23. The van der Waals surface area contributed by atoms with Crippen molar-refractivity contribution in [1.29, 1.82) is 0 Å². The van der Waals surface area contributed by atoms with Gasteiger partial charge in [-0.25, -0.2) is 0 Å². The maximum atomic E-state index is 13.0. The van der Waals surface area contributed by atoms with Crippen LogP contribution in [0, 0.1) is 12.8 Å². The molecule has 0 bridgehead atoms. The molecule has 1 unspecified atom stereocenters. The van der Waals surface area contributed by atoms with Crippen molar-refractivity contribution in [1.82, 2.24) is 10.3 Å². The lowest BCUT2D eigenvalue weighted by molar-refractivity contribution is -0.120. The molecule has 1 aliphatic rings. The van der Waals surface area contributed by atoms with Crippen LogP contribution < -0.4 is 5.32 Å². The molecule has 0 aliphatic carbocycles. The lowest BCUT2D eigenvalue weighted by atomic mass is 9.83. The fourth-order valence-corrected chi connectivity index (χ4v) is 4.40. The predicted molar refractivity (Wildman–Crippen MR) is 118 cm³/mol. The Kier molecular flexibility index (Phi) is 6.93. The molecule has 4 rings (SSSR count). The van der Waals surface area contributed by atoms with Crippen molar-refractivity contribution in [2.45, 2.75) is 38.5 Å². The summed E-state index contributed by atoms with van der Waals surface area (Å²) in [4.78, 5) is 16.4. The van der Waals surface area contributed by atoms with Gasteiger partial charge in [-0.15, -0.1) is 12.4 Å². The minimum absolute atomic E-state index is 0. The second-order valence-electron chi connectivity index (χ2n) is 7.90. The highest BCUT2D eigenvalue weighted by atomic mass is 35.5. The van der Waals surface area contributed by atoms with Crippen LogP contribution in [0.15, 0.2) is 54.7 Å². The van der Waals surface area contributed by atoms with E-state index in [9.17, 15) is 4.79 Å². The number of H-pyrrole nitrogens is 1. The monoisotopic (exact) mass is 396 g/mol. The Morgan fingerprint density at radius 3 is 2.68 bits per heavy atom. The molecule has 4 heteroatoms. The number of aryl methyl sites for hydroxylation is 1. The number of hydrogen-bond acceptors (Lipinski definition) is 2. The number of piperidine rings is 1. The summed E-state index contributed by atoms with van der Waals surface area (Å²) in [6.45, 7) is 4.20. The van der Waals surface area contributed by atoms with Gasteiger partial charge in [0.25, 0.3) is 0 Å². The van der Waals surface area contributed by atoms with Gasteiger partial charge in [0.05, 0.1) is 0 Å². The molecule has 2 N–H and O–H groups in total. The standard InChI is InChI=1S/C24H28N2O.ClH/c1-17-5-4-6-19(13-17)22(15-20(27)14-18-9-11-25-12-10-18)23-16-26-24-8-3-2-7-21(23)24;/h2-8,13,16,18,22,25-26H,9-12,14-15H2,1H3;1H. The van der Waals surface area contributed by atoms with Gasteiger partial charge in [-0.05, 0) is 56.0 Å². The Hall–Kier alpha value is -2.10. The van der Waals surface area contributed by atoms with Gasteiger partial charge in [-0.3, -0.25) is 4.79 Å². The number of Topliss-reactive ketones (excluding diaryl/α,β-unsaturated/α-hetero) is 1. The zero-order valence-corrected chi connectivity index (χ0v) is 17.2. The molecule has 1 atom stereocenters. The smallest absolute Gasteiger partial charge is 0.134 e. The SMILES string of the molecule is Cc1cccc(C(CC(=O)CC2CCNCC2)c2c[nH]c3ccccc23)c1.Cl. The molecular weight excluding hydrogens is 368 g/mol. The van der Waals surface area contributed by atoms with Gasteiger partial charge in [-0.2, -0.15) is 0 Å². The third-order valence-corrected chi connectivity index (χ3v) is 5.85. The molecule has 0 saturated carbocycles. The summed E-state index contributed by atoms with van der Waals surface area (Å²) in [5, 5.41) is 4.61. The predicted octanol–water partition coefficient (Wildman–Crippen LogP) is 5.38. The molecule has 3 aromatic rings. The van der Waals surface area contributed by atoms with Crippen LogP contribution in [0.5, 0.6) is 0 Å². The Morgan fingerprint density at radius 2 is 1.89 bits per heavy atom. The third kappa shape index (κ3) is 4.65. The van der Waals surface area contributed by atoms with E-state index in [1.165, 1.54) is 22.1 Å².